The van der Waals surface area contributed by atoms with Gasteiger partial charge in [-0.3, -0.25) is 14.9 Å². The Morgan fingerprint density at radius 2 is 2.09 bits per heavy atom. The van der Waals surface area contributed by atoms with Crippen LogP contribution >= 0.6 is 0 Å². The third-order valence-corrected chi connectivity index (χ3v) is 0.975. The van der Waals surface area contributed by atoms with Gasteiger partial charge in [-0.25, -0.2) is 0 Å². The highest BCUT2D eigenvalue weighted by molar-refractivity contribution is 5.77. The summed E-state index contributed by atoms with van der Waals surface area (Å²) in [6.45, 7) is 2.84. The van der Waals surface area contributed by atoms with Crippen molar-refractivity contribution in [3.63, 3.8) is 0 Å². The van der Waals surface area contributed by atoms with Crippen molar-refractivity contribution in [2.24, 2.45) is 0 Å². The summed E-state index contributed by atoms with van der Waals surface area (Å²) in [5.41, 5.74) is 0. The van der Waals surface area contributed by atoms with Crippen LogP contribution < -0.4 is 5.32 Å². The maximum atomic E-state index is 10.2. The molecule has 11 heavy (non-hydrogen) atoms. The first-order valence-electron chi connectivity index (χ1n) is 2.88. The second-order valence-electron chi connectivity index (χ2n) is 1.83. The summed E-state index contributed by atoms with van der Waals surface area (Å²) in [6, 6.07) is -0.994. The van der Waals surface area contributed by atoms with Crippen LogP contribution in [-0.4, -0.2) is 34.7 Å². The van der Waals surface area contributed by atoms with Gasteiger partial charge in [0.2, 0.25) is 0 Å². The molecule has 0 aromatic heterocycles. The van der Waals surface area contributed by atoms with Gasteiger partial charge >= 0.3 is 11.9 Å². The number of hydrogen-bond acceptors (Lipinski definition) is 3. The van der Waals surface area contributed by atoms with Crippen molar-refractivity contribution < 1.29 is 19.8 Å². The smallest absolute Gasteiger partial charge is 0.324 e. The molecule has 0 bridgehead atoms. The second-order valence-corrected chi connectivity index (χ2v) is 1.83. The van der Waals surface area contributed by atoms with Gasteiger partial charge in [0, 0.05) is 0 Å². The molecule has 5 heteroatoms. The van der Waals surface area contributed by atoms with Crippen molar-refractivity contribution in [2.45, 2.75) is 6.04 Å². The topological polar surface area (TPSA) is 86.6 Å². The fourth-order valence-electron chi connectivity index (χ4n) is 0.469. The average Bonchev–Trinajstić information content (AvgIpc) is 1.87. The van der Waals surface area contributed by atoms with Crippen LogP contribution in [0.1, 0.15) is 0 Å². The molecule has 0 aliphatic carbocycles. The molecule has 62 valence electrons. The molecule has 1 unspecified atom stereocenters. The van der Waals surface area contributed by atoms with E-state index in [0.717, 1.165) is 6.08 Å². The Bertz CT molecular complexity index is 177. The molecule has 0 rings (SSSR count). The van der Waals surface area contributed by atoms with E-state index in [-0.39, 0.29) is 6.54 Å². The first-order valence-corrected chi connectivity index (χ1v) is 2.88. The summed E-state index contributed by atoms with van der Waals surface area (Å²) in [4.78, 5) is 20.2. The monoisotopic (exact) mass is 159 g/mol. The van der Waals surface area contributed by atoms with E-state index in [1.807, 2.05) is 0 Å². The predicted octanol–water partition coefficient (Wildman–Crippen LogP) is -0.700. The second kappa shape index (κ2) is 4.45. The van der Waals surface area contributed by atoms with E-state index >= 15 is 0 Å². The lowest BCUT2D eigenvalue weighted by atomic mass is 10.3. The van der Waals surface area contributed by atoms with E-state index in [1.54, 1.807) is 0 Å². The van der Waals surface area contributed by atoms with Gasteiger partial charge in [0.05, 0.1) is 6.54 Å². The third-order valence-electron chi connectivity index (χ3n) is 0.975. The van der Waals surface area contributed by atoms with Crippen molar-refractivity contribution in [3.05, 3.63) is 12.7 Å². The van der Waals surface area contributed by atoms with Gasteiger partial charge in [0.25, 0.3) is 0 Å². The molecular formula is C6H9NO4. The molecule has 0 aliphatic rings. The summed E-state index contributed by atoms with van der Waals surface area (Å²) < 4.78 is 0. The SMILES string of the molecule is C=CC(NCC(=O)O)C(=O)O. The largest absolute Gasteiger partial charge is 0.480 e. The van der Waals surface area contributed by atoms with Gasteiger partial charge in [-0.15, -0.1) is 6.58 Å². The van der Waals surface area contributed by atoms with Crippen molar-refractivity contribution >= 4 is 11.9 Å². The molecule has 0 saturated heterocycles. The number of carboxylic acids is 2. The standard InChI is InChI=1S/C6H9NO4/c1-2-4(6(10)11)7-3-5(8)9/h2,4,7H,1,3H2,(H,8,9)(H,10,11). The normalized spacial score (nSPS) is 12.0. The number of aliphatic carboxylic acids is 2. The zero-order valence-electron chi connectivity index (χ0n) is 5.78. The lowest BCUT2D eigenvalue weighted by Crippen LogP contribution is -2.37. The zero-order valence-corrected chi connectivity index (χ0v) is 5.78. The summed E-state index contributed by atoms with van der Waals surface area (Å²) in [6.07, 6.45) is 1.13. The van der Waals surface area contributed by atoms with Crippen LogP contribution in [0.15, 0.2) is 12.7 Å². The van der Waals surface area contributed by atoms with Gasteiger partial charge in [0.15, 0.2) is 0 Å². The Balaban J connectivity index is 3.79. The van der Waals surface area contributed by atoms with Gasteiger partial charge in [0.1, 0.15) is 6.04 Å². The van der Waals surface area contributed by atoms with E-state index < -0.39 is 18.0 Å². The molecule has 0 aliphatic heterocycles. The maximum absolute atomic E-state index is 10.2. The Morgan fingerprint density at radius 1 is 1.55 bits per heavy atom. The van der Waals surface area contributed by atoms with E-state index in [0.29, 0.717) is 0 Å². The minimum Gasteiger partial charge on any atom is -0.480 e. The molecule has 0 heterocycles. The molecule has 0 aromatic rings. The van der Waals surface area contributed by atoms with Crippen molar-refractivity contribution in [1.82, 2.24) is 5.32 Å². The number of nitrogens with one attached hydrogen (secondary N) is 1. The van der Waals surface area contributed by atoms with E-state index in [4.69, 9.17) is 10.2 Å². The molecular weight excluding hydrogens is 150 g/mol. The van der Waals surface area contributed by atoms with Gasteiger partial charge in [-0.1, -0.05) is 6.08 Å². The zero-order chi connectivity index (χ0) is 8.85. The van der Waals surface area contributed by atoms with Crippen molar-refractivity contribution in [1.29, 1.82) is 0 Å². The Kier molecular flexibility index (Phi) is 3.90. The maximum Gasteiger partial charge on any atom is 0.324 e. The molecule has 0 fully saturated rings. The number of carbonyl (C=O) groups is 2. The van der Waals surface area contributed by atoms with Crippen LogP contribution in [0.25, 0.3) is 0 Å². The predicted molar refractivity (Wildman–Crippen MR) is 37.3 cm³/mol. The Labute approximate surface area is 63.3 Å². The molecule has 0 saturated carbocycles. The summed E-state index contributed by atoms with van der Waals surface area (Å²) in [7, 11) is 0. The van der Waals surface area contributed by atoms with E-state index in [2.05, 4.69) is 11.9 Å². The minimum absolute atomic E-state index is 0.386. The molecule has 1 atom stereocenters. The van der Waals surface area contributed by atoms with Crippen LogP contribution in [0, 0.1) is 0 Å². The minimum atomic E-state index is -1.14. The van der Waals surface area contributed by atoms with Gasteiger partial charge < -0.3 is 10.2 Å². The van der Waals surface area contributed by atoms with Crippen LogP contribution in [-0.2, 0) is 9.59 Å². The average molecular weight is 159 g/mol. The Morgan fingerprint density at radius 3 is 2.36 bits per heavy atom. The van der Waals surface area contributed by atoms with E-state index in [9.17, 15) is 9.59 Å². The summed E-state index contributed by atoms with van der Waals surface area (Å²) in [5, 5.41) is 18.8. The van der Waals surface area contributed by atoms with Crippen LogP contribution in [0.3, 0.4) is 0 Å². The van der Waals surface area contributed by atoms with Crippen molar-refractivity contribution in [3.8, 4) is 0 Å². The third kappa shape index (κ3) is 4.10. The quantitative estimate of drug-likeness (QED) is 0.462. The number of carboxylic acid groups (broad SMARTS) is 2. The summed E-state index contributed by atoms with van der Waals surface area (Å²) in [5.74, 6) is -2.24. The van der Waals surface area contributed by atoms with Crippen LogP contribution in [0.5, 0.6) is 0 Å². The molecule has 0 spiro atoms. The lowest BCUT2D eigenvalue weighted by Gasteiger charge is -2.05. The number of rotatable bonds is 5. The highest BCUT2D eigenvalue weighted by atomic mass is 16.4. The first kappa shape index (κ1) is 9.64. The van der Waals surface area contributed by atoms with Crippen LogP contribution in [0.4, 0.5) is 0 Å². The van der Waals surface area contributed by atoms with Crippen molar-refractivity contribution in [2.75, 3.05) is 6.54 Å². The van der Waals surface area contributed by atoms with Gasteiger partial charge in [-0.05, 0) is 0 Å². The fourth-order valence-corrected chi connectivity index (χ4v) is 0.469. The highest BCUT2D eigenvalue weighted by Gasteiger charge is 2.12. The molecule has 0 amide bonds. The molecule has 5 nitrogen and oxygen atoms in total. The van der Waals surface area contributed by atoms with E-state index in [1.165, 1.54) is 0 Å². The molecule has 0 radical (unpaired) electrons. The van der Waals surface area contributed by atoms with Gasteiger partial charge in [-0.2, -0.15) is 0 Å². The highest BCUT2D eigenvalue weighted by Crippen LogP contribution is 1.83. The molecule has 0 aromatic carbocycles. The first-order chi connectivity index (χ1) is 5.07. The lowest BCUT2D eigenvalue weighted by molar-refractivity contribution is -0.139. The number of hydrogen-bond donors (Lipinski definition) is 3. The fraction of sp³-hybridized carbons (Fsp3) is 0.333. The summed E-state index contributed by atoms with van der Waals surface area (Å²) >= 11 is 0. The Hall–Kier alpha value is -1.36. The molecule has 3 N–H and O–H groups in total. The van der Waals surface area contributed by atoms with Crippen LogP contribution in [0.2, 0.25) is 0 Å².